The molecular weight excluding hydrogens is 235 g/mol. The smallest absolute Gasteiger partial charge is 0.133 e. The van der Waals surface area contributed by atoms with E-state index in [0.29, 0.717) is 5.56 Å². The molecule has 0 aliphatic carbocycles. The summed E-state index contributed by atoms with van der Waals surface area (Å²) in [4.78, 5) is 10.7. The molecule has 0 bridgehead atoms. The zero-order chi connectivity index (χ0) is 9.84. The lowest BCUT2D eigenvalue weighted by atomic mass is 10.1. The summed E-state index contributed by atoms with van der Waals surface area (Å²) in [6, 6.07) is 6.95. The molecule has 0 aliphatic heterocycles. The Balaban J connectivity index is 2.76. The predicted molar refractivity (Wildman–Crippen MR) is 53.3 cm³/mol. The van der Waals surface area contributed by atoms with E-state index in [1.54, 1.807) is 18.2 Å². The molecule has 0 fully saturated rings. The molecular formula is C10H10BrFO. The number of hydrogen-bond donors (Lipinski definition) is 0. The first-order valence-corrected chi connectivity index (χ1v) is 4.78. The molecule has 0 saturated carbocycles. The van der Waals surface area contributed by atoms with Crippen LogP contribution in [0.5, 0.6) is 0 Å². The summed E-state index contributed by atoms with van der Waals surface area (Å²) in [5.74, 6) is -0.132. The largest absolute Gasteiger partial charge is 0.300 e. The second-order valence-electron chi connectivity index (χ2n) is 2.93. The minimum atomic E-state index is -1.19. The van der Waals surface area contributed by atoms with Gasteiger partial charge in [-0.1, -0.05) is 28.1 Å². The van der Waals surface area contributed by atoms with Crippen LogP contribution in [0.4, 0.5) is 4.39 Å². The molecule has 1 unspecified atom stereocenters. The summed E-state index contributed by atoms with van der Waals surface area (Å²) in [5, 5.41) is 0. The summed E-state index contributed by atoms with van der Waals surface area (Å²) in [7, 11) is 0. The number of carbonyl (C=O) groups excluding carboxylic acids is 1. The number of Topliss-reactive ketones (excluding diaryl/α,β-unsaturated/α-hetero) is 1. The molecule has 0 N–H and O–H groups in total. The maximum absolute atomic E-state index is 13.3. The van der Waals surface area contributed by atoms with Crippen molar-refractivity contribution in [3.05, 3.63) is 34.3 Å². The highest BCUT2D eigenvalue weighted by atomic mass is 79.9. The SMILES string of the molecule is CC(=O)CC(F)c1cccc(Br)c1. The highest BCUT2D eigenvalue weighted by molar-refractivity contribution is 9.10. The van der Waals surface area contributed by atoms with Crippen LogP contribution in [0, 0.1) is 0 Å². The Bertz CT molecular complexity index is 312. The van der Waals surface area contributed by atoms with E-state index in [1.165, 1.54) is 6.92 Å². The van der Waals surface area contributed by atoms with Crippen LogP contribution in [0.1, 0.15) is 25.1 Å². The highest BCUT2D eigenvalue weighted by Crippen LogP contribution is 2.23. The van der Waals surface area contributed by atoms with Crippen molar-refractivity contribution in [3.63, 3.8) is 0 Å². The number of carbonyl (C=O) groups is 1. The summed E-state index contributed by atoms with van der Waals surface area (Å²) >= 11 is 3.25. The first-order valence-electron chi connectivity index (χ1n) is 3.98. The van der Waals surface area contributed by atoms with Gasteiger partial charge in [0.2, 0.25) is 0 Å². The first-order chi connectivity index (χ1) is 6.09. The molecule has 1 atom stereocenters. The third-order valence-electron chi connectivity index (χ3n) is 1.68. The molecule has 1 rings (SSSR count). The number of rotatable bonds is 3. The van der Waals surface area contributed by atoms with Crippen molar-refractivity contribution in [1.29, 1.82) is 0 Å². The summed E-state index contributed by atoms with van der Waals surface area (Å²) < 4.78 is 14.2. The first kappa shape index (κ1) is 10.4. The Labute approximate surface area is 85.1 Å². The average molecular weight is 245 g/mol. The Kier molecular flexibility index (Phi) is 3.60. The van der Waals surface area contributed by atoms with Gasteiger partial charge in [-0.3, -0.25) is 4.79 Å². The van der Waals surface area contributed by atoms with Gasteiger partial charge in [0.1, 0.15) is 12.0 Å². The summed E-state index contributed by atoms with van der Waals surface area (Å²) in [6.07, 6.45) is -1.23. The molecule has 13 heavy (non-hydrogen) atoms. The number of ketones is 1. The Hall–Kier alpha value is -0.700. The van der Waals surface area contributed by atoms with Crippen LogP contribution in [0.25, 0.3) is 0 Å². The van der Waals surface area contributed by atoms with Crippen molar-refractivity contribution >= 4 is 21.7 Å². The van der Waals surface area contributed by atoms with E-state index >= 15 is 0 Å². The standard InChI is InChI=1S/C10H10BrFO/c1-7(13)5-10(12)8-3-2-4-9(11)6-8/h2-4,6,10H,5H2,1H3. The van der Waals surface area contributed by atoms with Crippen LogP contribution in [-0.2, 0) is 4.79 Å². The fourth-order valence-corrected chi connectivity index (χ4v) is 1.49. The van der Waals surface area contributed by atoms with E-state index in [-0.39, 0.29) is 12.2 Å². The van der Waals surface area contributed by atoms with E-state index in [1.807, 2.05) is 6.07 Å². The van der Waals surface area contributed by atoms with Gasteiger partial charge in [-0.2, -0.15) is 0 Å². The fourth-order valence-electron chi connectivity index (χ4n) is 1.07. The Morgan fingerprint density at radius 1 is 1.62 bits per heavy atom. The van der Waals surface area contributed by atoms with Gasteiger partial charge in [0.25, 0.3) is 0 Å². The minimum absolute atomic E-state index is 0.0452. The molecule has 1 aromatic carbocycles. The van der Waals surface area contributed by atoms with Crippen LogP contribution in [-0.4, -0.2) is 5.78 Å². The van der Waals surface area contributed by atoms with Crippen molar-refractivity contribution in [3.8, 4) is 0 Å². The summed E-state index contributed by atoms with van der Waals surface area (Å²) in [6.45, 7) is 1.39. The Morgan fingerprint density at radius 2 is 2.31 bits per heavy atom. The van der Waals surface area contributed by atoms with E-state index in [0.717, 1.165) is 4.47 Å². The normalized spacial score (nSPS) is 12.5. The van der Waals surface area contributed by atoms with Gasteiger partial charge in [-0.25, -0.2) is 4.39 Å². The number of hydrogen-bond acceptors (Lipinski definition) is 1. The van der Waals surface area contributed by atoms with Gasteiger partial charge < -0.3 is 0 Å². The van der Waals surface area contributed by atoms with Gasteiger partial charge in [-0.15, -0.1) is 0 Å². The molecule has 0 amide bonds. The summed E-state index contributed by atoms with van der Waals surface area (Å²) in [5.41, 5.74) is 0.546. The maximum Gasteiger partial charge on any atom is 0.133 e. The van der Waals surface area contributed by atoms with E-state index in [9.17, 15) is 9.18 Å². The quantitative estimate of drug-likeness (QED) is 0.797. The fraction of sp³-hybridized carbons (Fsp3) is 0.300. The van der Waals surface area contributed by atoms with Gasteiger partial charge >= 0.3 is 0 Å². The third-order valence-corrected chi connectivity index (χ3v) is 2.17. The van der Waals surface area contributed by atoms with Crippen molar-refractivity contribution in [2.75, 3.05) is 0 Å². The van der Waals surface area contributed by atoms with Crippen molar-refractivity contribution < 1.29 is 9.18 Å². The van der Waals surface area contributed by atoms with Crippen molar-refractivity contribution in [2.24, 2.45) is 0 Å². The predicted octanol–water partition coefficient (Wildman–Crippen LogP) is 3.44. The molecule has 0 saturated heterocycles. The minimum Gasteiger partial charge on any atom is -0.300 e. The topological polar surface area (TPSA) is 17.1 Å². The molecule has 0 heterocycles. The number of benzene rings is 1. The van der Waals surface area contributed by atoms with Crippen molar-refractivity contribution in [1.82, 2.24) is 0 Å². The monoisotopic (exact) mass is 244 g/mol. The number of halogens is 2. The van der Waals surface area contributed by atoms with Crippen LogP contribution in [0.15, 0.2) is 28.7 Å². The molecule has 3 heteroatoms. The van der Waals surface area contributed by atoms with Gasteiger partial charge in [0.05, 0.1) is 0 Å². The van der Waals surface area contributed by atoms with Crippen LogP contribution in [0.3, 0.4) is 0 Å². The lowest BCUT2D eigenvalue weighted by molar-refractivity contribution is -0.118. The van der Waals surface area contributed by atoms with Crippen LogP contribution in [0.2, 0.25) is 0 Å². The second-order valence-corrected chi connectivity index (χ2v) is 3.84. The molecule has 1 nitrogen and oxygen atoms in total. The molecule has 70 valence electrons. The van der Waals surface area contributed by atoms with Gasteiger partial charge in [0, 0.05) is 10.9 Å². The number of alkyl halides is 1. The molecule has 1 aromatic rings. The van der Waals surface area contributed by atoms with Gasteiger partial charge in [0.15, 0.2) is 0 Å². The lowest BCUT2D eigenvalue weighted by Gasteiger charge is -2.05. The Morgan fingerprint density at radius 3 is 2.85 bits per heavy atom. The van der Waals surface area contributed by atoms with Gasteiger partial charge in [-0.05, 0) is 24.6 Å². The molecule has 0 spiro atoms. The lowest BCUT2D eigenvalue weighted by Crippen LogP contribution is -1.98. The average Bonchev–Trinajstić information content (AvgIpc) is 2.03. The zero-order valence-corrected chi connectivity index (χ0v) is 8.84. The van der Waals surface area contributed by atoms with Crippen LogP contribution >= 0.6 is 15.9 Å². The van der Waals surface area contributed by atoms with E-state index < -0.39 is 6.17 Å². The highest BCUT2D eigenvalue weighted by Gasteiger charge is 2.11. The van der Waals surface area contributed by atoms with E-state index in [4.69, 9.17) is 0 Å². The van der Waals surface area contributed by atoms with Crippen LogP contribution < -0.4 is 0 Å². The molecule has 0 aromatic heterocycles. The molecule has 0 aliphatic rings. The second kappa shape index (κ2) is 4.51. The van der Waals surface area contributed by atoms with E-state index in [2.05, 4.69) is 15.9 Å². The van der Waals surface area contributed by atoms with Crippen molar-refractivity contribution in [2.45, 2.75) is 19.5 Å². The maximum atomic E-state index is 13.3. The molecule has 0 radical (unpaired) electrons. The third kappa shape index (κ3) is 3.27. The zero-order valence-electron chi connectivity index (χ0n) is 7.26.